The van der Waals surface area contributed by atoms with Gasteiger partial charge in [-0.2, -0.15) is 0 Å². The van der Waals surface area contributed by atoms with Crippen LogP contribution in [0.15, 0.2) is 59.4 Å². The van der Waals surface area contributed by atoms with Crippen molar-refractivity contribution < 1.29 is 14.3 Å². The quantitative estimate of drug-likeness (QED) is 0.463. The third-order valence-corrected chi connectivity index (χ3v) is 6.48. The molecule has 2 N–H and O–H groups in total. The summed E-state index contributed by atoms with van der Waals surface area (Å²) in [7, 11) is 1.77. The van der Waals surface area contributed by atoms with Crippen molar-refractivity contribution in [3.05, 3.63) is 76.2 Å². The maximum absolute atomic E-state index is 13.0. The SMILES string of the molecule is CCOc1cccc(CNC(=O)CSC(C)C(=O)Nc2c(C)n(C)n(-c3ccccc3)c2=O)c1. The molecule has 1 aromatic heterocycles. The van der Waals surface area contributed by atoms with E-state index in [0.29, 0.717) is 24.5 Å². The van der Waals surface area contributed by atoms with Gasteiger partial charge < -0.3 is 15.4 Å². The zero-order valence-electron chi connectivity index (χ0n) is 19.8. The molecule has 180 valence electrons. The lowest BCUT2D eigenvalue weighted by molar-refractivity contribution is -0.118. The molecule has 0 aliphatic heterocycles. The molecule has 0 aliphatic rings. The van der Waals surface area contributed by atoms with Crippen LogP contribution >= 0.6 is 11.8 Å². The molecule has 0 radical (unpaired) electrons. The van der Waals surface area contributed by atoms with Crippen molar-refractivity contribution in [3.8, 4) is 11.4 Å². The highest BCUT2D eigenvalue weighted by Gasteiger charge is 2.21. The van der Waals surface area contributed by atoms with Crippen LogP contribution in [0.4, 0.5) is 5.69 Å². The topological polar surface area (TPSA) is 94.4 Å². The maximum Gasteiger partial charge on any atom is 0.295 e. The number of carbonyl (C=O) groups is 2. The number of ether oxygens (including phenoxy) is 1. The van der Waals surface area contributed by atoms with Crippen molar-refractivity contribution in [2.24, 2.45) is 7.05 Å². The number of carbonyl (C=O) groups excluding carboxylic acids is 2. The maximum atomic E-state index is 13.0. The van der Waals surface area contributed by atoms with Gasteiger partial charge in [0.1, 0.15) is 11.4 Å². The third kappa shape index (κ3) is 6.11. The number of hydrogen-bond donors (Lipinski definition) is 2. The van der Waals surface area contributed by atoms with E-state index >= 15 is 0 Å². The van der Waals surface area contributed by atoms with E-state index in [1.54, 1.807) is 25.6 Å². The highest BCUT2D eigenvalue weighted by Crippen LogP contribution is 2.17. The van der Waals surface area contributed by atoms with Gasteiger partial charge in [-0.05, 0) is 50.6 Å². The van der Waals surface area contributed by atoms with Gasteiger partial charge in [0.05, 0.1) is 29.0 Å². The third-order valence-electron chi connectivity index (χ3n) is 5.34. The van der Waals surface area contributed by atoms with Gasteiger partial charge in [-0.25, -0.2) is 4.68 Å². The number of hydrogen-bond acceptors (Lipinski definition) is 5. The van der Waals surface area contributed by atoms with Crippen molar-refractivity contribution in [3.63, 3.8) is 0 Å². The van der Waals surface area contributed by atoms with Crippen LogP contribution in [0.5, 0.6) is 5.75 Å². The summed E-state index contributed by atoms with van der Waals surface area (Å²) in [5.74, 6) is 0.389. The molecule has 0 saturated carbocycles. The molecular weight excluding hydrogens is 452 g/mol. The van der Waals surface area contributed by atoms with Crippen LogP contribution in [0.1, 0.15) is 25.1 Å². The number of nitrogens with zero attached hydrogens (tertiary/aromatic N) is 2. The first-order valence-corrected chi connectivity index (χ1v) is 12.1. The van der Waals surface area contributed by atoms with E-state index in [1.165, 1.54) is 16.4 Å². The molecule has 1 unspecified atom stereocenters. The molecule has 8 nitrogen and oxygen atoms in total. The lowest BCUT2D eigenvalue weighted by Gasteiger charge is -2.12. The molecule has 2 amide bonds. The predicted octanol–water partition coefficient (Wildman–Crippen LogP) is 3.26. The van der Waals surface area contributed by atoms with E-state index < -0.39 is 5.25 Å². The summed E-state index contributed by atoms with van der Waals surface area (Å²) >= 11 is 1.21. The van der Waals surface area contributed by atoms with Gasteiger partial charge in [0.15, 0.2) is 0 Å². The molecule has 0 saturated heterocycles. The highest BCUT2D eigenvalue weighted by molar-refractivity contribution is 8.01. The minimum absolute atomic E-state index is 0.127. The number of benzene rings is 2. The van der Waals surface area contributed by atoms with Gasteiger partial charge in [-0.15, -0.1) is 11.8 Å². The summed E-state index contributed by atoms with van der Waals surface area (Å²) < 4.78 is 8.69. The van der Waals surface area contributed by atoms with E-state index in [-0.39, 0.29) is 28.8 Å². The number of thioether (sulfide) groups is 1. The average Bonchev–Trinajstić information content (AvgIpc) is 3.05. The molecule has 3 aromatic rings. The molecule has 1 heterocycles. The van der Waals surface area contributed by atoms with E-state index in [1.807, 2.05) is 61.5 Å². The van der Waals surface area contributed by atoms with Gasteiger partial charge in [0.25, 0.3) is 5.56 Å². The minimum atomic E-state index is -0.517. The van der Waals surface area contributed by atoms with Crippen molar-refractivity contribution >= 4 is 29.3 Å². The molecule has 0 fully saturated rings. The van der Waals surface area contributed by atoms with Gasteiger partial charge >= 0.3 is 0 Å². The smallest absolute Gasteiger partial charge is 0.295 e. The first-order valence-electron chi connectivity index (χ1n) is 11.1. The lowest BCUT2D eigenvalue weighted by Crippen LogP contribution is -2.30. The van der Waals surface area contributed by atoms with Crippen LogP contribution in [0.2, 0.25) is 0 Å². The molecule has 9 heteroatoms. The molecule has 2 aromatic carbocycles. The van der Waals surface area contributed by atoms with Crippen LogP contribution in [-0.4, -0.2) is 38.8 Å². The summed E-state index contributed by atoms with van der Waals surface area (Å²) in [6, 6.07) is 16.8. The Bertz CT molecular complexity index is 1200. The second-order valence-corrected chi connectivity index (χ2v) is 9.07. The van der Waals surface area contributed by atoms with Crippen LogP contribution in [0.25, 0.3) is 5.69 Å². The lowest BCUT2D eigenvalue weighted by atomic mass is 10.2. The summed E-state index contributed by atoms with van der Waals surface area (Å²) in [4.78, 5) is 38.0. The van der Waals surface area contributed by atoms with Crippen LogP contribution in [-0.2, 0) is 23.2 Å². The average molecular weight is 483 g/mol. The second kappa shape index (κ2) is 11.6. The zero-order chi connectivity index (χ0) is 24.7. The van der Waals surface area contributed by atoms with Crippen LogP contribution in [0, 0.1) is 6.92 Å². The first-order chi connectivity index (χ1) is 16.3. The Hall–Kier alpha value is -3.46. The molecule has 3 rings (SSSR count). The number of rotatable bonds is 10. The number of amides is 2. The summed E-state index contributed by atoms with van der Waals surface area (Å²) in [6.07, 6.45) is 0. The zero-order valence-corrected chi connectivity index (χ0v) is 20.6. The minimum Gasteiger partial charge on any atom is -0.494 e. The number of nitrogens with one attached hydrogen (secondary N) is 2. The standard InChI is InChI=1S/C25H30N4O4S/c1-5-33-21-13-9-10-19(14-21)15-26-22(30)16-34-18(3)24(31)27-23-17(2)28(4)29(25(23)32)20-11-7-6-8-12-20/h6-14,18H,5,15-16H2,1-4H3,(H,26,30)(H,27,31). The van der Waals surface area contributed by atoms with Gasteiger partial charge in [0.2, 0.25) is 11.8 Å². The van der Waals surface area contributed by atoms with Crippen molar-refractivity contribution in [2.75, 3.05) is 17.7 Å². The summed E-state index contributed by atoms with van der Waals surface area (Å²) in [5, 5.41) is 5.09. The highest BCUT2D eigenvalue weighted by atomic mass is 32.2. The Morgan fingerprint density at radius 3 is 2.56 bits per heavy atom. The molecule has 0 spiro atoms. The molecule has 34 heavy (non-hydrogen) atoms. The van der Waals surface area contributed by atoms with Crippen LogP contribution < -0.4 is 20.9 Å². The van der Waals surface area contributed by atoms with Gasteiger partial charge in [-0.1, -0.05) is 30.3 Å². The molecular formula is C25H30N4O4S. The van der Waals surface area contributed by atoms with E-state index in [9.17, 15) is 14.4 Å². The fourth-order valence-electron chi connectivity index (χ4n) is 3.38. The first kappa shape index (κ1) is 25.2. The predicted molar refractivity (Wildman–Crippen MR) is 136 cm³/mol. The Morgan fingerprint density at radius 1 is 1.12 bits per heavy atom. The summed E-state index contributed by atoms with van der Waals surface area (Å²) in [6.45, 7) is 6.37. The molecule has 0 aliphatic carbocycles. The Morgan fingerprint density at radius 2 is 1.85 bits per heavy atom. The van der Waals surface area contributed by atoms with Crippen molar-refractivity contribution in [1.82, 2.24) is 14.7 Å². The van der Waals surface area contributed by atoms with Gasteiger partial charge in [0, 0.05) is 13.6 Å². The number of para-hydroxylation sites is 1. The van der Waals surface area contributed by atoms with E-state index in [2.05, 4.69) is 10.6 Å². The Balaban J connectivity index is 1.55. The fourth-order valence-corrected chi connectivity index (χ4v) is 4.09. The summed E-state index contributed by atoms with van der Waals surface area (Å²) in [5.41, 5.74) is 2.23. The number of anilines is 1. The van der Waals surface area contributed by atoms with Crippen LogP contribution in [0.3, 0.4) is 0 Å². The van der Waals surface area contributed by atoms with E-state index in [0.717, 1.165) is 11.3 Å². The largest absolute Gasteiger partial charge is 0.494 e. The second-order valence-electron chi connectivity index (χ2n) is 7.74. The normalized spacial score (nSPS) is 11.6. The monoisotopic (exact) mass is 482 g/mol. The number of aromatic nitrogens is 2. The Labute approximate surface area is 203 Å². The van der Waals surface area contributed by atoms with E-state index in [4.69, 9.17) is 4.74 Å². The molecule has 0 bridgehead atoms. The molecule has 1 atom stereocenters. The van der Waals surface area contributed by atoms with Gasteiger partial charge in [-0.3, -0.25) is 19.1 Å². The fraction of sp³-hybridized carbons (Fsp3) is 0.320. The van der Waals surface area contributed by atoms with Crippen molar-refractivity contribution in [2.45, 2.75) is 32.6 Å². The Kier molecular flexibility index (Phi) is 8.59. The van der Waals surface area contributed by atoms with Crippen molar-refractivity contribution in [1.29, 1.82) is 0 Å².